The van der Waals surface area contributed by atoms with Gasteiger partial charge in [0.05, 0.1) is 26.6 Å². The number of amides is 3. The average Bonchev–Trinajstić information content (AvgIpc) is 3.55. The molecule has 2 aliphatic rings. The summed E-state index contributed by atoms with van der Waals surface area (Å²) < 4.78 is 7.99. The summed E-state index contributed by atoms with van der Waals surface area (Å²) in [6.07, 6.45) is 1.88. The second kappa shape index (κ2) is 17.7. The van der Waals surface area contributed by atoms with Crippen LogP contribution in [0.1, 0.15) is 82.4 Å². The van der Waals surface area contributed by atoms with Crippen molar-refractivity contribution in [2.75, 3.05) is 26.2 Å². The predicted octanol–water partition coefficient (Wildman–Crippen LogP) is 6.32. The molecule has 1 fully saturated rings. The number of aromatic nitrogens is 3. The van der Waals surface area contributed by atoms with Crippen LogP contribution in [0, 0.1) is 6.92 Å². The first-order valence-electron chi connectivity index (χ1n) is 19.4. The minimum Gasteiger partial charge on any atom is -0.484 e. The Morgan fingerprint density at radius 2 is 1.67 bits per heavy atom. The number of likely N-dealkylation sites (tertiary alicyclic amines) is 1. The normalized spacial score (nSPS) is 15.3. The van der Waals surface area contributed by atoms with Gasteiger partial charge in [0.15, 0.2) is 12.4 Å². The van der Waals surface area contributed by atoms with Crippen LogP contribution in [-0.4, -0.2) is 78.1 Å². The highest BCUT2D eigenvalue weighted by molar-refractivity contribution is 6.70. The van der Waals surface area contributed by atoms with Crippen molar-refractivity contribution in [1.82, 2.24) is 30.3 Å². The van der Waals surface area contributed by atoms with Crippen LogP contribution < -0.4 is 20.6 Å². The minimum absolute atomic E-state index is 0.0958. The Bertz CT molecular complexity index is 2300. The summed E-state index contributed by atoms with van der Waals surface area (Å²) in [5.74, 6) is 1.76. The van der Waals surface area contributed by atoms with E-state index in [-0.39, 0.29) is 30.7 Å². The van der Waals surface area contributed by atoms with Gasteiger partial charge < -0.3 is 20.3 Å². The van der Waals surface area contributed by atoms with E-state index in [1.54, 1.807) is 12.1 Å². The lowest BCUT2D eigenvalue weighted by molar-refractivity contribution is -0.123. The molecule has 4 aromatic carbocycles. The fourth-order valence-corrected chi connectivity index (χ4v) is 8.50. The molecular formula is C44H47ClN7O4Si. The van der Waals surface area contributed by atoms with Gasteiger partial charge in [0, 0.05) is 47.9 Å². The van der Waals surface area contributed by atoms with Gasteiger partial charge in [-0.05, 0) is 80.1 Å². The molecule has 0 bridgehead atoms. The van der Waals surface area contributed by atoms with Gasteiger partial charge in [-0.25, -0.2) is 0 Å². The van der Waals surface area contributed by atoms with Crippen LogP contribution in [0.5, 0.6) is 5.75 Å². The van der Waals surface area contributed by atoms with E-state index in [1.807, 2.05) is 77.9 Å². The van der Waals surface area contributed by atoms with Crippen molar-refractivity contribution in [2.24, 2.45) is 4.99 Å². The van der Waals surface area contributed by atoms with E-state index in [0.29, 0.717) is 60.2 Å². The average molecular weight is 801 g/mol. The van der Waals surface area contributed by atoms with Crippen molar-refractivity contribution in [1.29, 1.82) is 0 Å². The number of piperidine rings is 1. The molecule has 2 aliphatic heterocycles. The lowest BCUT2D eigenvalue weighted by Crippen LogP contribution is -2.38. The highest BCUT2D eigenvalue weighted by Gasteiger charge is 2.30. The van der Waals surface area contributed by atoms with Crippen molar-refractivity contribution >= 4 is 49.0 Å². The van der Waals surface area contributed by atoms with Crippen LogP contribution in [0.15, 0.2) is 96.0 Å². The molecule has 11 nitrogen and oxygen atoms in total. The van der Waals surface area contributed by atoms with Crippen molar-refractivity contribution in [3.05, 3.63) is 135 Å². The third kappa shape index (κ3) is 9.18. The Labute approximate surface area is 340 Å². The van der Waals surface area contributed by atoms with E-state index < -0.39 is 14.8 Å². The predicted molar refractivity (Wildman–Crippen MR) is 224 cm³/mol. The van der Waals surface area contributed by atoms with Gasteiger partial charge in [-0.1, -0.05) is 84.5 Å². The molecule has 1 atom stereocenters. The molecule has 5 aromatic rings. The molecule has 0 aliphatic carbocycles. The van der Waals surface area contributed by atoms with E-state index in [0.717, 1.165) is 40.8 Å². The number of nitrogens with one attached hydrogen (secondary N) is 2. The van der Waals surface area contributed by atoms with Crippen molar-refractivity contribution in [2.45, 2.75) is 64.7 Å². The molecule has 293 valence electrons. The standard InChI is InChI=1S/C44H47ClN7O4Si/c1-5-46-40(53)25-38-43-50-49-28(2)52(43)39-17-16-35(24-37(39)42(48-38)31-12-14-34(45)15-13-31)56-27-41(54)47-26-29-8-6-9-32(22-29)30-18-20-51(21-19-30)44(55)33-10-7-11-36(23-33)57(3)4/h6-17,22-24,30,38H,5,18-21,25-27H2,1-4H3,(H,46,53)(H,47,54)/t38-/m0/s1. The Hall–Kier alpha value is -5.59. The molecule has 3 heterocycles. The lowest BCUT2D eigenvalue weighted by atomic mass is 9.88. The summed E-state index contributed by atoms with van der Waals surface area (Å²) in [5, 5.41) is 16.5. The van der Waals surface area contributed by atoms with Crippen LogP contribution in [0.3, 0.4) is 0 Å². The number of hydrogen-bond acceptors (Lipinski definition) is 7. The van der Waals surface area contributed by atoms with E-state index in [4.69, 9.17) is 21.3 Å². The first-order chi connectivity index (χ1) is 27.6. The molecule has 1 aromatic heterocycles. The molecule has 7 rings (SSSR count). The number of hydrogen-bond donors (Lipinski definition) is 2. The van der Waals surface area contributed by atoms with Gasteiger partial charge in [-0.2, -0.15) is 0 Å². The van der Waals surface area contributed by atoms with Gasteiger partial charge in [0.25, 0.3) is 11.8 Å². The summed E-state index contributed by atoms with van der Waals surface area (Å²) in [6.45, 7) is 10.3. The third-order valence-electron chi connectivity index (χ3n) is 10.5. The molecule has 1 saturated heterocycles. The minimum atomic E-state index is -0.626. The second-order valence-electron chi connectivity index (χ2n) is 14.7. The van der Waals surface area contributed by atoms with Crippen molar-refractivity contribution < 1.29 is 19.1 Å². The number of carbonyl (C=O) groups excluding carboxylic acids is 3. The third-order valence-corrected chi connectivity index (χ3v) is 12.2. The molecule has 0 unspecified atom stereocenters. The molecule has 1 radical (unpaired) electrons. The molecule has 2 N–H and O–H groups in total. The fraction of sp³-hybridized carbons (Fsp3) is 0.318. The zero-order valence-corrected chi connectivity index (χ0v) is 34.5. The van der Waals surface area contributed by atoms with E-state index in [1.165, 1.54) is 10.8 Å². The number of ether oxygens (including phenoxy) is 1. The summed E-state index contributed by atoms with van der Waals surface area (Å²) in [6, 6.07) is 28.8. The number of fused-ring (bicyclic) bond motifs is 3. The first-order valence-corrected chi connectivity index (χ1v) is 22.3. The smallest absolute Gasteiger partial charge is 0.258 e. The maximum absolute atomic E-state index is 13.3. The molecule has 3 amide bonds. The Kier molecular flexibility index (Phi) is 12.3. The molecule has 0 spiro atoms. The summed E-state index contributed by atoms with van der Waals surface area (Å²) in [7, 11) is -0.626. The summed E-state index contributed by atoms with van der Waals surface area (Å²) in [5.41, 5.74) is 5.98. The number of benzene rings is 4. The SMILES string of the molecule is CCNC(=O)C[C@@H]1N=C(c2ccc(Cl)cc2)c2cc(OCC(=O)NCc3cccc(C4CCN(C(=O)c5cccc([Si](C)C)c5)CC4)c3)ccc2-n2c(C)nnc21. The number of nitrogens with zero attached hydrogens (tertiary/aromatic N) is 5. The Morgan fingerprint density at radius 1 is 0.895 bits per heavy atom. The van der Waals surface area contributed by atoms with Gasteiger partial charge in [-0.3, -0.25) is 23.9 Å². The monoisotopic (exact) mass is 800 g/mol. The number of halogens is 1. The topological polar surface area (TPSA) is 131 Å². The van der Waals surface area contributed by atoms with Crippen LogP contribution in [-0.2, 0) is 16.1 Å². The maximum Gasteiger partial charge on any atom is 0.258 e. The quantitative estimate of drug-likeness (QED) is 0.142. The summed E-state index contributed by atoms with van der Waals surface area (Å²) >= 11 is 6.25. The van der Waals surface area contributed by atoms with Crippen LogP contribution in [0.2, 0.25) is 18.1 Å². The van der Waals surface area contributed by atoms with Gasteiger partial charge in [0.2, 0.25) is 5.91 Å². The molecule has 13 heteroatoms. The van der Waals surface area contributed by atoms with Gasteiger partial charge in [0.1, 0.15) is 17.6 Å². The van der Waals surface area contributed by atoms with E-state index in [9.17, 15) is 14.4 Å². The molecule has 0 saturated carbocycles. The van der Waals surface area contributed by atoms with Gasteiger partial charge >= 0.3 is 0 Å². The highest BCUT2D eigenvalue weighted by Crippen LogP contribution is 2.35. The Balaban J connectivity index is 1.00. The summed E-state index contributed by atoms with van der Waals surface area (Å²) in [4.78, 5) is 46.3. The largest absolute Gasteiger partial charge is 0.484 e. The van der Waals surface area contributed by atoms with Crippen molar-refractivity contribution in [3.8, 4) is 11.4 Å². The van der Waals surface area contributed by atoms with E-state index >= 15 is 0 Å². The zero-order chi connectivity index (χ0) is 40.1. The number of aryl methyl sites for hydroxylation is 1. The van der Waals surface area contributed by atoms with E-state index in [2.05, 4.69) is 58.2 Å². The number of rotatable bonds is 12. The lowest BCUT2D eigenvalue weighted by Gasteiger charge is -2.32. The Morgan fingerprint density at radius 3 is 2.42 bits per heavy atom. The highest BCUT2D eigenvalue weighted by atomic mass is 35.5. The second-order valence-corrected chi connectivity index (χ2v) is 17.7. The molecule has 57 heavy (non-hydrogen) atoms. The molecular weight excluding hydrogens is 754 g/mol. The van der Waals surface area contributed by atoms with Crippen LogP contribution in [0.25, 0.3) is 5.69 Å². The maximum atomic E-state index is 13.3. The first kappa shape index (κ1) is 39.6. The zero-order valence-electron chi connectivity index (χ0n) is 32.7. The number of aliphatic imine (C=N–C) groups is 1. The van der Waals surface area contributed by atoms with Crippen LogP contribution >= 0.6 is 11.6 Å². The van der Waals surface area contributed by atoms with Gasteiger partial charge in [-0.15, -0.1) is 10.2 Å². The fourth-order valence-electron chi connectivity index (χ4n) is 7.50. The number of carbonyl (C=O) groups is 3. The van der Waals surface area contributed by atoms with Crippen molar-refractivity contribution in [3.63, 3.8) is 0 Å². The van der Waals surface area contributed by atoms with Crippen LogP contribution in [0.4, 0.5) is 0 Å².